The molecule has 0 aromatic heterocycles. The molecule has 0 aromatic carbocycles. The summed E-state index contributed by atoms with van der Waals surface area (Å²) in [6.45, 7) is 7.05. The van der Waals surface area contributed by atoms with Crippen molar-refractivity contribution in [3.05, 3.63) is 12.2 Å². The highest BCUT2D eigenvalue weighted by molar-refractivity contribution is 7.86. The Balaban J connectivity index is 2.78. The van der Waals surface area contributed by atoms with E-state index in [0.29, 0.717) is 13.0 Å². The molecule has 2 unspecified atom stereocenters. The minimum absolute atomic E-state index is 0.0446. The van der Waals surface area contributed by atoms with Crippen LogP contribution in [0.25, 0.3) is 0 Å². The first-order chi connectivity index (χ1) is 8.64. The maximum Gasteiger partial charge on any atom is 0.286 e. The van der Waals surface area contributed by atoms with Gasteiger partial charge in [0.2, 0.25) is 5.91 Å². The Hall–Kier alpha value is -1.25. The van der Waals surface area contributed by atoms with Gasteiger partial charge in [0.15, 0.2) is 11.2 Å². The van der Waals surface area contributed by atoms with Crippen molar-refractivity contribution in [3.63, 3.8) is 0 Å². The molecule has 7 nitrogen and oxygen atoms in total. The number of carbonyl (C=O) groups is 2. The predicted octanol–water partition coefficient (Wildman–Crippen LogP) is -0.540. The number of carbonyl (C=O) groups excluding carboxylic acids is 2. The van der Waals surface area contributed by atoms with Gasteiger partial charge < -0.3 is 10.6 Å². The molecule has 0 spiro atoms. The third kappa shape index (κ3) is 3.85. The monoisotopic (exact) mass is 290 g/mol. The second-order valence-corrected chi connectivity index (χ2v) is 6.32. The van der Waals surface area contributed by atoms with Gasteiger partial charge in [0.05, 0.1) is 6.04 Å². The van der Waals surface area contributed by atoms with Crippen LogP contribution >= 0.6 is 0 Å². The maximum absolute atomic E-state index is 11.9. The predicted molar refractivity (Wildman–Crippen MR) is 68.9 cm³/mol. The van der Waals surface area contributed by atoms with Gasteiger partial charge in [-0.15, -0.1) is 0 Å². The molecule has 3 N–H and O–H groups in total. The molecule has 1 saturated heterocycles. The van der Waals surface area contributed by atoms with Gasteiger partial charge in [-0.3, -0.25) is 14.1 Å². The summed E-state index contributed by atoms with van der Waals surface area (Å²) in [5.41, 5.74) is -0.0446. The molecule has 108 valence electrons. The van der Waals surface area contributed by atoms with E-state index in [1.807, 2.05) is 0 Å². The number of amides is 1. The normalized spacial score (nSPS) is 21.5. The fourth-order valence-corrected chi connectivity index (χ4v) is 2.80. The largest absolute Gasteiger partial charge is 0.333 e. The molecular weight excluding hydrogens is 272 g/mol. The van der Waals surface area contributed by atoms with E-state index in [4.69, 9.17) is 4.55 Å². The van der Waals surface area contributed by atoms with Gasteiger partial charge in [-0.25, -0.2) is 0 Å². The molecule has 1 aliphatic heterocycles. The van der Waals surface area contributed by atoms with Crippen LogP contribution in [0.15, 0.2) is 12.2 Å². The zero-order chi connectivity index (χ0) is 14.8. The van der Waals surface area contributed by atoms with Crippen LogP contribution in [0, 0.1) is 5.92 Å². The summed E-state index contributed by atoms with van der Waals surface area (Å²) in [6.07, 6.45) is 0.308. The van der Waals surface area contributed by atoms with Gasteiger partial charge in [-0.05, 0) is 5.92 Å². The molecular formula is C11H18N2O5S. The lowest BCUT2D eigenvalue weighted by Crippen LogP contribution is -2.47. The Morgan fingerprint density at radius 3 is 2.47 bits per heavy atom. The second kappa shape index (κ2) is 5.81. The van der Waals surface area contributed by atoms with Crippen molar-refractivity contribution in [1.82, 2.24) is 10.6 Å². The molecule has 19 heavy (non-hydrogen) atoms. The molecule has 1 heterocycles. The Kier molecular flexibility index (Phi) is 4.83. The van der Waals surface area contributed by atoms with Crippen molar-refractivity contribution in [2.75, 3.05) is 6.54 Å². The number of ketones is 1. The summed E-state index contributed by atoms with van der Waals surface area (Å²) in [7, 11) is -4.41. The van der Waals surface area contributed by atoms with Crippen LogP contribution in [0.1, 0.15) is 20.3 Å². The van der Waals surface area contributed by atoms with Crippen molar-refractivity contribution in [2.24, 2.45) is 5.92 Å². The molecule has 1 rings (SSSR count). The SMILES string of the molecule is C=C(C(=O)NC(C(C)C)S(=O)(=O)O)C1NCCC1=O. The summed E-state index contributed by atoms with van der Waals surface area (Å²) in [4.78, 5) is 23.3. The molecule has 0 bridgehead atoms. The van der Waals surface area contributed by atoms with Crippen LogP contribution in [-0.4, -0.2) is 42.6 Å². The summed E-state index contributed by atoms with van der Waals surface area (Å²) >= 11 is 0. The quantitative estimate of drug-likeness (QED) is 0.463. The van der Waals surface area contributed by atoms with E-state index in [0.717, 1.165) is 0 Å². The highest BCUT2D eigenvalue weighted by Crippen LogP contribution is 2.13. The standard InChI is InChI=1S/C11H18N2O5S/c1-6(2)11(19(16,17)18)13-10(15)7(3)9-8(14)4-5-12-9/h6,9,11-12H,3-5H2,1-2H3,(H,13,15)(H,16,17,18). The molecule has 1 amide bonds. The number of nitrogens with one attached hydrogen (secondary N) is 2. The van der Waals surface area contributed by atoms with E-state index < -0.39 is 33.4 Å². The maximum atomic E-state index is 11.9. The second-order valence-electron chi connectivity index (χ2n) is 4.78. The third-order valence-corrected chi connectivity index (χ3v) is 4.19. The molecule has 2 atom stereocenters. The van der Waals surface area contributed by atoms with Gasteiger partial charge in [-0.1, -0.05) is 20.4 Å². The van der Waals surface area contributed by atoms with Gasteiger partial charge in [-0.2, -0.15) is 8.42 Å². The first-order valence-corrected chi connectivity index (χ1v) is 7.37. The van der Waals surface area contributed by atoms with Gasteiger partial charge in [0, 0.05) is 18.5 Å². The van der Waals surface area contributed by atoms with E-state index >= 15 is 0 Å². The van der Waals surface area contributed by atoms with Gasteiger partial charge in [0.1, 0.15) is 0 Å². The van der Waals surface area contributed by atoms with Crippen LogP contribution in [0.3, 0.4) is 0 Å². The lowest BCUT2D eigenvalue weighted by atomic mass is 10.1. The Morgan fingerprint density at radius 1 is 1.53 bits per heavy atom. The summed E-state index contributed by atoms with van der Waals surface area (Å²) in [5, 5.41) is 3.57. The Labute approximate surface area is 112 Å². The van der Waals surface area contributed by atoms with E-state index in [-0.39, 0.29) is 11.4 Å². The van der Waals surface area contributed by atoms with Crippen LogP contribution in [0.2, 0.25) is 0 Å². The van der Waals surface area contributed by atoms with Gasteiger partial charge in [0.25, 0.3) is 10.1 Å². The third-order valence-electron chi connectivity index (χ3n) is 2.88. The molecule has 8 heteroatoms. The zero-order valence-electron chi connectivity index (χ0n) is 10.8. The van der Waals surface area contributed by atoms with E-state index in [1.165, 1.54) is 0 Å². The van der Waals surface area contributed by atoms with E-state index in [2.05, 4.69) is 17.2 Å². The number of rotatable bonds is 5. The molecule has 0 radical (unpaired) electrons. The van der Waals surface area contributed by atoms with Crippen molar-refractivity contribution >= 4 is 21.8 Å². The van der Waals surface area contributed by atoms with Crippen molar-refractivity contribution in [3.8, 4) is 0 Å². The average Bonchev–Trinajstić information content (AvgIpc) is 2.68. The number of hydrogen-bond donors (Lipinski definition) is 3. The van der Waals surface area contributed by atoms with Crippen molar-refractivity contribution in [2.45, 2.75) is 31.7 Å². The first-order valence-electron chi connectivity index (χ1n) is 5.86. The molecule has 1 fully saturated rings. The van der Waals surface area contributed by atoms with Crippen molar-refractivity contribution in [1.29, 1.82) is 0 Å². The Morgan fingerprint density at radius 2 is 2.11 bits per heavy atom. The van der Waals surface area contributed by atoms with Crippen LogP contribution in [-0.2, 0) is 19.7 Å². The zero-order valence-corrected chi connectivity index (χ0v) is 11.7. The Bertz CT molecular complexity index is 497. The summed E-state index contributed by atoms with van der Waals surface area (Å²) in [5.74, 6) is -1.43. The smallest absolute Gasteiger partial charge is 0.286 e. The topological polar surface area (TPSA) is 113 Å². The van der Waals surface area contributed by atoms with E-state index in [1.54, 1.807) is 13.8 Å². The lowest BCUT2D eigenvalue weighted by Gasteiger charge is -2.21. The minimum atomic E-state index is -4.41. The van der Waals surface area contributed by atoms with Gasteiger partial charge >= 0.3 is 0 Å². The first kappa shape index (κ1) is 15.8. The average molecular weight is 290 g/mol. The minimum Gasteiger partial charge on any atom is -0.333 e. The highest BCUT2D eigenvalue weighted by atomic mass is 32.2. The summed E-state index contributed by atoms with van der Waals surface area (Å²) in [6, 6.07) is -0.783. The lowest BCUT2D eigenvalue weighted by molar-refractivity contribution is -0.122. The van der Waals surface area contributed by atoms with Crippen LogP contribution in [0.5, 0.6) is 0 Å². The van der Waals surface area contributed by atoms with Crippen LogP contribution in [0.4, 0.5) is 0 Å². The molecule has 0 aliphatic carbocycles. The molecule has 0 aromatic rings. The number of hydrogen-bond acceptors (Lipinski definition) is 5. The molecule has 1 aliphatic rings. The number of Topliss-reactive ketones (excluding diaryl/α,β-unsaturated/α-hetero) is 1. The highest BCUT2D eigenvalue weighted by Gasteiger charge is 2.33. The van der Waals surface area contributed by atoms with Crippen molar-refractivity contribution < 1.29 is 22.6 Å². The fourth-order valence-electron chi connectivity index (χ4n) is 1.85. The van der Waals surface area contributed by atoms with E-state index in [9.17, 15) is 18.0 Å². The fraction of sp³-hybridized carbons (Fsp3) is 0.636. The summed E-state index contributed by atoms with van der Waals surface area (Å²) < 4.78 is 31.3. The molecule has 0 saturated carbocycles. The van der Waals surface area contributed by atoms with Crippen LogP contribution < -0.4 is 10.6 Å².